The topological polar surface area (TPSA) is 24.1 Å². The molecule has 0 saturated carbocycles. The molecule has 33 heavy (non-hydrogen) atoms. The highest BCUT2D eigenvalue weighted by Gasteiger charge is 2.25. The largest absolute Gasteiger partial charge is 0.382 e. The number of nitrogens with zero attached hydrogens (tertiary/aromatic N) is 1. The first-order valence-electron chi connectivity index (χ1n) is 11.3. The van der Waals surface area contributed by atoms with Gasteiger partial charge in [-0.2, -0.15) is 4.57 Å². The highest BCUT2D eigenvalue weighted by Crippen LogP contribution is 2.30. The van der Waals surface area contributed by atoms with Gasteiger partial charge in [-0.05, 0) is 41.0 Å². The Hall–Kier alpha value is -4.01. The number of pyridine rings is 1. The van der Waals surface area contributed by atoms with Crippen LogP contribution in [-0.4, -0.2) is 5.11 Å². The fourth-order valence-corrected chi connectivity index (χ4v) is 4.27. The molecule has 4 aromatic carbocycles. The molecular formula is C31H26NO+. The lowest BCUT2D eigenvalue weighted by Gasteiger charge is -2.15. The third-order valence-electron chi connectivity index (χ3n) is 5.95. The van der Waals surface area contributed by atoms with Gasteiger partial charge in [0.15, 0.2) is 6.54 Å². The molecule has 0 aliphatic rings. The first-order valence-corrected chi connectivity index (χ1v) is 11.3. The quantitative estimate of drug-likeness (QED) is 0.299. The molecule has 2 heteroatoms. The summed E-state index contributed by atoms with van der Waals surface area (Å²) in [7, 11) is 0. The monoisotopic (exact) mass is 428 g/mol. The van der Waals surface area contributed by atoms with Crippen molar-refractivity contribution in [3.63, 3.8) is 0 Å². The lowest BCUT2D eigenvalue weighted by molar-refractivity contribution is -0.683. The van der Waals surface area contributed by atoms with Gasteiger partial charge in [0.1, 0.15) is 6.10 Å². The third kappa shape index (κ3) is 4.62. The molecule has 5 aromatic rings. The van der Waals surface area contributed by atoms with Crippen molar-refractivity contribution in [3.8, 4) is 33.6 Å². The summed E-state index contributed by atoms with van der Waals surface area (Å²) in [4.78, 5) is 0. The molecule has 1 atom stereocenters. The number of hydrogen-bond donors (Lipinski definition) is 1. The van der Waals surface area contributed by atoms with Gasteiger partial charge in [-0.25, -0.2) is 0 Å². The number of aliphatic hydroxyl groups excluding tert-OH is 1. The standard InChI is InChI=1S/C31H26NO/c33-31(27-19-11-4-12-20-27)23-32-29(25-15-7-2-8-16-25)21-28(24-13-5-1-6-14-24)22-30(32)26-17-9-3-10-18-26/h1-22,31,33H,23H2/q+1/t31-/m1/s1. The van der Waals surface area contributed by atoms with Crippen LogP contribution in [0.4, 0.5) is 0 Å². The number of aromatic nitrogens is 1. The molecule has 1 aromatic heterocycles. The van der Waals surface area contributed by atoms with E-state index in [0.717, 1.165) is 33.6 Å². The Balaban J connectivity index is 1.74. The number of aliphatic hydroxyl groups is 1. The van der Waals surface area contributed by atoms with Gasteiger partial charge >= 0.3 is 0 Å². The number of hydrogen-bond acceptors (Lipinski definition) is 1. The van der Waals surface area contributed by atoms with Crippen LogP contribution in [0.5, 0.6) is 0 Å². The summed E-state index contributed by atoms with van der Waals surface area (Å²) in [6.07, 6.45) is -0.622. The van der Waals surface area contributed by atoms with E-state index in [0.29, 0.717) is 6.54 Å². The zero-order chi connectivity index (χ0) is 22.5. The average Bonchev–Trinajstić information content (AvgIpc) is 2.90. The Labute approximate surface area is 195 Å². The summed E-state index contributed by atoms with van der Waals surface area (Å²) in [5, 5.41) is 11.2. The molecule has 0 amide bonds. The summed E-state index contributed by atoms with van der Waals surface area (Å²) >= 11 is 0. The molecular weight excluding hydrogens is 402 g/mol. The summed E-state index contributed by atoms with van der Waals surface area (Å²) < 4.78 is 2.24. The third-order valence-corrected chi connectivity index (χ3v) is 5.95. The van der Waals surface area contributed by atoms with E-state index in [2.05, 4.69) is 89.5 Å². The smallest absolute Gasteiger partial charge is 0.213 e. The minimum atomic E-state index is -0.622. The van der Waals surface area contributed by atoms with E-state index in [1.54, 1.807) is 0 Å². The minimum Gasteiger partial charge on any atom is -0.382 e. The highest BCUT2D eigenvalue weighted by atomic mass is 16.3. The van der Waals surface area contributed by atoms with E-state index in [-0.39, 0.29) is 0 Å². The normalized spacial score (nSPS) is 11.8. The predicted molar refractivity (Wildman–Crippen MR) is 134 cm³/mol. The molecule has 0 aliphatic heterocycles. The van der Waals surface area contributed by atoms with Crippen LogP contribution in [0.25, 0.3) is 33.6 Å². The maximum absolute atomic E-state index is 11.2. The van der Waals surface area contributed by atoms with Gasteiger partial charge < -0.3 is 5.11 Å². The van der Waals surface area contributed by atoms with Crippen LogP contribution in [0.15, 0.2) is 133 Å². The van der Waals surface area contributed by atoms with Crippen LogP contribution in [0.1, 0.15) is 11.7 Å². The molecule has 0 radical (unpaired) electrons. The molecule has 0 fully saturated rings. The SMILES string of the molecule is O[C@H](C[n+]1c(-c2ccccc2)cc(-c2ccccc2)cc1-c1ccccc1)c1ccccc1. The van der Waals surface area contributed by atoms with E-state index in [9.17, 15) is 5.11 Å². The van der Waals surface area contributed by atoms with Crippen LogP contribution >= 0.6 is 0 Å². The van der Waals surface area contributed by atoms with Crippen molar-refractivity contribution in [2.24, 2.45) is 0 Å². The zero-order valence-electron chi connectivity index (χ0n) is 18.4. The van der Waals surface area contributed by atoms with Crippen molar-refractivity contribution in [1.82, 2.24) is 0 Å². The van der Waals surface area contributed by atoms with Gasteiger partial charge in [-0.1, -0.05) is 97.1 Å². The summed E-state index contributed by atoms with van der Waals surface area (Å²) in [6, 6.07) is 45.6. The van der Waals surface area contributed by atoms with Crippen molar-refractivity contribution in [2.45, 2.75) is 12.6 Å². The number of benzene rings is 4. The van der Waals surface area contributed by atoms with Crippen LogP contribution < -0.4 is 4.57 Å². The van der Waals surface area contributed by atoms with Crippen molar-refractivity contribution in [1.29, 1.82) is 0 Å². The van der Waals surface area contributed by atoms with Crippen molar-refractivity contribution in [2.75, 3.05) is 0 Å². The highest BCUT2D eigenvalue weighted by molar-refractivity contribution is 5.73. The molecule has 0 aliphatic carbocycles. The van der Waals surface area contributed by atoms with Gasteiger partial charge in [0, 0.05) is 23.3 Å². The van der Waals surface area contributed by atoms with Crippen molar-refractivity contribution < 1.29 is 9.67 Å². The molecule has 2 nitrogen and oxygen atoms in total. The van der Waals surface area contributed by atoms with Gasteiger partial charge in [-0.3, -0.25) is 0 Å². The van der Waals surface area contributed by atoms with Crippen molar-refractivity contribution >= 4 is 0 Å². The van der Waals surface area contributed by atoms with Crippen LogP contribution in [0, 0.1) is 0 Å². The maximum Gasteiger partial charge on any atom is 0.213 e. The Kier molecular flexibility index (Phi) is 6.10. The maximum atomic E-state index is 11.2. The van der Waals surface area contributed by atoms with Crippen LogP contribution in [-0.2, 0) is 6.54 Å². The average molecular weight is 429 g/mol. The fourth-order valence-electron chi connectivity index (χ4n) is 4.27. The summed E-state index contributed by atoms with van der Waals surface area (Å²) in [6.45, 7) is 0.452. The van der Waals surface area contributed by atoms with E-state index in [1.165, 1.54) is 5.56 Å². The van der Waals surface area contributed by atoms with Crippen LogP contribution in [0.2, 0.25) is 0 Å². The molecule has 0 saturated heterocycles. The predicted octanol–water partition coefficient (Wildman–Crippen LogP) is 6.71. The van der Waals surface area contributed by atoms with Crippen molar-refractivity contribution in [3.05, 3.63) is 139 Å². The van der Waals surface area contributed by atoms with Gasteiger partial charge in [0.2, 0.25) is 11.4 Å². The lowest BCUT2D eigenvalue weighted by Crippen LogP contribution is -2.41. The van der Waals surface area contributed by atoms with Gasteiger partial charge in [0.25, 0.3) is 0 Å². The lowest BCUT2D eigenvalue weighted by atomic mass is 9.98. The Morgan fingerprint density at radius 2 is 0.879 bits per heavy atom. The molecule has 0 unspecified atom stereocenters. The Morgan fingerprint density at radius 3 is 1.33 bits per heavy atom. The second kappa shape index (κ2) is 9.64. The van der Waals surface area contributed by atoms with E-state index in [1.807, 2.05) is 48.5 Å². The molecule has 0 bridgehead atoms. The van der Waals surface area contributed by atoms with E-state index < -0.39 is 6.10 Å². The first kappa shape index (κ1) is 20.9. The Bertz CT molecular complexity index is 1260. The summed E-state index contributed by atoms with van der Waals surface area (Å²) in [5.74, 6) is 0. The molecule has 0 spiro atoms. The second-order valence-corrected chi connectivity index (χ2v) is 8.15. The van der Waals surface area contributed by atoms with Gasteiger partial charge in [-0.15, -0.1) is 0 Å². The minimum absolute atomic E-state index is 0.452. The van der Waals surface area contributed by atoms with Gasteiger partial charge in [0.05, 0.1) is 0 Å². The fraction of sp³-hybridized carbons (Fsp3) is 0.0645. The number of rotatable bonds is 6. The first-order chi connectivity index (χ1) is 16.3. The summed E-state index contributed by atoms with van der Waals surface area (Å²) in [5.41, 5.74) is 7.62. The zero-order valence-corrected chi connectivity index (χ0v) is 18.4. The molecule has 160 valence electrons. The Morgan fingerprint density at radius 1 is 0.485 bits per heavy atom. The van der Waals surface area contributed by atoms with E-state index >= 15 is 0 Å². The van der Waals surface area contributed by atoms with E-state index in [4.69, 9.17) is 0 Å². The van der Waals surface area contributed by atoms with Crippen LogP contribution in [0.3, 0.4) is 0 Å². The molecule has 1 heterocycles. The molecule has 5 rings (SSSR count). The molecule has 1 N–H and O–H groups in total. The second-order valence-electron chi connectivity index (χ2n) is 8.15.